The minimum Gasteiger partial charge on any atom is -0.495 e. The van der Waals surface area contributed by atoms with Crippen LogP contribution >= 0.6 is 31.9 Å². The normalized spacial score (nSPS) is 16.1. The number of halogens is 2. The first-order valence-corrected chi connectivity index (χ1v) is 10.3. The molecule has 1 heterocycles. The summed E-state index contributed by atoms with van der Waals surface area (Å²) in [5.74, 6) is 0.914. The first-order valence-electron chi connectivity index (χ1n) is 8.67. The molecule has 1 saturated heterocycles. The van der Waals surface area contributed by atoms with E-state index in [4.69, 9.17) is 4.74 Å². The van der Waals surface area contributed by atoms with E-state index in [2.05, 4.69) is 78.5 Å². The average molecular weight is 468 g/mol. The molecule has 1 fully saturated rings. The number of nitrogens with zero attached hydrogens (tertiary/aromatic N) is 1. The maximum Gasteiger partial charge on any atom is 0.137 e. The van der Waals surface area contributed by atoms with Crippen LogP contribution in [0.15, 0.2) is 51.4 Å². The summed E-state index contributed by atoms with van der Waals surface area (Å²) in [7, 11) is 1.72. The minimum atomic E-state index is 0.564. The molecule has 3 nitrogen and oxygen atoms in total. The van der Waals surface area contributed by atoms with Gasteiger partial charge in [0.05, 0.1) is 11.6 Å². The number of methoxy groups -OCH3 is 1. The van der Waals surface area contributed by atoms with E-state index in [0.29, 0.717) is 6.04 Å². The largest absolute Gasteiger partial charge is 0.495 e. The molecule has 1 aliphatic rings. The van der Waals surface area contributed by atoms with Gasteiger partial charge in [0.1, 0.15) is 5.75 Å². The Morgan fingerprint density at radius 2 is 1.84 bits per heavy atom. The molecule has 0 atom stereocenters. The zero-order chi connectivity index (χ0) is 17.6. The summed E-state index contributed by atoms with van der Waals surface area (Å²) in [4.78, 5) is 2.55. The van der Waals surface area contributed by atoms with Crippen molar-refractivity contribution in [1.82, 2.24) is 10.2 Å². The molecule has 134 valence electrons. The summed E-state index contributed by atoms with van der Waals surface area (Å²) in [6, 6.07) is 15.4. The lowest BCUT2D eigenvalue weighted by Crippen LogP contribution is -2.41. The summed E-state index contributed by atoms with van der Waals surface area (Å²) >= 11 is 7.14. The van der Waals surface area contributed by atoms with Crippen LogP contribution in [0, 0.1) is 0 Å². The highest BCUT2D eigenvalue weighted by atomic mass is 79.9. The zero-order valence-corrected chi connectivity index (χ0v) is 17.6. The van der Waals surface area contributed by atoms with Crippen molar-refractivity contribution >= 4 is 31.9 Å². The van der Waals surface area contributed by atoms with E-state index in [1.807, 2.05) is 6.07 Å². The SMILES string of the molecule is COc1c(Br)cc(Br)cc1CNC1CCN(Cc2ccccc2)CC1. The van der Waals surface area contributed by atoms with Crippen LogP contribution in [-0.4, -0.2) is 31.1 Å². The van der Waals surface area contributed by atoms with Crippen molar-refractivity contribution in [2.75, 3.05) is 20.2 Å². The van der Waals surface area contributed by atoms with E-state index in [1.54, 1.807) is 7.11 Å². The number of hydrogen-bond donors (Lipinski definition) is 1. The topological polar surface area (TPSA) is 24.5 Å². The minimum absolute atomic E-state index is 0.564. The first kappa shape index (κ1) is 18.9. The van der Waals surface area contributed by atoms with E-state index in [0.717, 1.165) is 40.9 Å². The van der Waals surface area contributed by atoms with Gasteiger partial charge in [-0.2, -0.15) is 0 Å². The van der Waals surface area contributed by atoms with Gasteiger partial charge in [-0.25, -0.2) is 0 Å². The molecular formula is C20H24Br2N2O. The number of benzene rings is 2. The number of hydrogen-bond acceptors (Lipinski definition) is 3. The van der Waals surface area contributed by atoms with E-state index in [-0.39, 0.29) is 0 Å². The standard InChI is InChI=1S/C20H24Br2N2O/c1-25-20-16(11-17(21)12-19(20)22)13-23-18-7-9-24(10-8-18)14-15-5-3-2-4-6-15/h2-6,11-12,18,23H,7-10,13-14H2,1H3. The maximum atomic E-state index is 5.54. The van der Waals surface area contributed by atoms with Crippen LogP contribution in [0.1, 0.15) is 24.0 Å². The molecule has 0 amide bonds. The van der Waals surface area contributed by atoms with Crippen LogP contribution in [0.4, 0.5) is 0 Å². The van der Waals surface area contributed by atoms with Gasteiger partial charge in [-0.3, -0.25) is 4.90 Å². The number of ether oxygens (including phenoxy) is 1. The number of piperidine rings is 1. The zero-order valence-electron chi connectivity index (χ0n) is 14.5. The Morgan fingerprint density at radius 1 is 1.12 bits per heavy atom. The van der Waals surface area contributed by atoms with Crippen LogP contribution in [0.2, 0.25) is 0 Å². The molecular weight excluding hydrogens is 444 g/mol. The second-order valence-electron chi connectivity index (χ2n) is 6.50. The fourth-order valence-electron chi connectivity index (χ4n) is 3.36. The lowest BCUT2D eigenvalue weighted by molar-refractivity contribution is 0.190. The van der Waals surface area contributed by atoms with E-state index in [1.165, 1.54) is 24.0 Å². The maximum absolute atomic E-state index is 5.54. The molecule has 0 spiro atoms. The predicted molar refractivity (Wildman–Crippen MR) is 110 cm³/mol. The van der Waals surface area contributed by atoms with E-state index < -0.39 is 0 Å². The molecule has 0 aromatic heterocycles. The van der Waals surface area contributed by atoms with Crippen molar-refractivity contribution < 1.29 is 4.74 Å². The van der Waals surface area contributed by atoms with Crippen LogP contribution in [0.3, 0.4) is 0 Å². The van der Waals surface area contributed by atoms with Gasteiger partial charge in [0.25, 0.3) is 0 Å². The molecule has 3 rings (SSSR count). The molecule has 2 aromatic rings. The monoisotopic (exact) mass is 466 g/mol. The van der Waals surface area contributed by atoms with Crippen molar-refractivity contribution in [2.24, 2.45) is 0 Å². The fourth-order valence-corrected chi connectivity index (χ4v) is 4.84. The van der Waals surface area contributed by atoms with Crippen molar-refractivity contribution in [3.8, 4) is 5.75 Å². The Hall–Kier alpha value is -0.880. The van der Waals surface area contributed by atoms with Crippen molar-refractivity contribution in [3.63, 3.8) is 0 Å². The summed E-state index contributed by atoms with van der Waals surface area (Å²) in [5, 5.41) is 3.70. The molecule has 0 bridgehead atoms. The number of nitrogens with one attached hydrogen (secondary N) is 1. The number of likely N-dealkylation sites (tertiary alicyclic amines) is 1. The van der Waals surface area contributed by atoms with E-state index in [9.17, 15) is 0 Å². The lowest BCUT2D eigenvalue weighted by atomic mass is 10.0. The second-order valence-corrected chi connectivity index (χ2v) is 8.27. The quantitative estimate of drug-likeness (QED) is 0.648. The molecule has 1 N–H and O–H groups in total. The third kappa shape index (κ3) is 5.30. The van der Waals surface area contributed by atoms with Gasteiger partial charge in [0.15, 0.2) is 0 Å². The average Bonchev–Trinajstić information content (AvgIpc) is 2.62. The van der Waals surface area contributed by atoms with Gasteiger partial charge in [-0.05, 0) is 59.6 Å². The Bertz CT molecular complexity index is 686. The predicted octanol–water partition coefficient (Wildman–Crippen LogP) is 4.97. The van der Waals surface area contributed by atoms with Crippen LogP contribution in [0.25, 0.3) is 0 Å². The van der Waals surface area contributed by atoms with Gasteiger partial charge < -0.3 is 10.1 Å². The second kappa shape index (κ2) is 9.17. The Morgan fingerprint density at radius 3 is 2.52 bits per heavy atom. The lowest BCUT2D eigenvalue weighted by Gasteiger charge is -2.32. The van der Waals surface area contributed by atoms with Crippen LogP contribution < -0.4 is 10.1 Å². The Labute approximate surface area is 167 Å². The third-order valence-corrected chi connectivity index (χ3v) is 5.75. The van der Waals surface area contributed by atoms with Gasteiger partial charge >= 0.3 is 0 Å². The van der Waals surface area contributed by atoms with Crippen LogP contribution in [0.5, 0.6) is 5.75 Å². The van der Waals surface area contributed by atoms with Crippen molar-refractivity contribution in [1.29, 1.82) is 0 Å². The molecule has 0 aliphatic carbocycles. The van der Waals surface area contributed by atoms with Crippen LogP contribution in [-0.2, 0) is 13.1 Å². The van der Waals surface area contributed by atoms with Gasteiger partial charge in [0.2, 0.25) is 0 Å². The summed E-state index contributed by atoms with van der Waals surface area (Å²) < 4.78 is 7.59. The van der Waals surface area contributed by atoms with Gasteiger partial charge in [0, 0.05) is 29.2 Å². The molecule has 2 aromatic carbocycles. The Balaban J connectivity index is 1.50. The molecule has 1 aliphatic heterocycles. The molecule has 0 radical (unpaired) electrons. The molecule has 0 unspecified atom stereocenters. The summed E-state index contributed by atoms with van der Waals surface area (Å²) in [6.07, 6.45) is 2.37. The molecule has 0 saturated carbocycles. The number of rotatable bonds is 6. The van der Waals surface area contributed by atoms with E-state index >= 15 is 0 Å². The highest BCUT2D eigenvalue weighted by molar-refractivity contribution is 9.11. The van der Waals surface area contributed by atoms with Gasteiger partial charge in [-0.1, -0.05) is 46.3 Å². The molecule has 25 heavy (non-hydrogen) atoms. The summed E-state index contributed by atoms with van der Waals surface area (Å²) in [5.41, 5.74) is 2.58. The van der Waals surface area contributed by atoms with Crippen molar-refractivity contribution in [3.05, 3.63) is 62.5 Å². The third-order valence-electron chi connectivity index (χ3n) is 4.71. The summed E-state index contributed by atoms with van der Waals surface area (Å²) in [6.45, 7) is 4.17. The molecule has 5 heteroatoms. The fraction of sp³-hybridized carbons (Fsp3) is 0.400. The smallest absolute Gasteiger partial charge is 0.137 e. The van der Waals surface area contributed by atoms with Crippen molar-refractivity contribution in [2.45, 2.75) is 32.0 Å². The Kier molecular flexibility index (Phi) is 6.93. The highest BCUT2D eigenvalue weighted by Gasteiger charge is 2.19. The van der Waals surface area contributed by atoms with Gasteiger partial charge in [-0.15, -0.1) is 0 Å². The highest BCUT2D eigenvalue weighted by Crippen LogP contribution is 2.32. The first-order chi connectivity index (χ1) is 12.2.